The van der Waals surface area contributed by atoms with Gasteiger partial charge in [0.1, 0.15) is 0 Å². The number of H-pyrrole nitrogens is 1. The van der Waals surface area contributed by atoms with E-state index < -0.39 is 5.76 Å². The van der Waals surface area contributed by atoms with Gasteiger partial charge in [-0.3, -0.25) is 19.2 Å². The Labute approximate surface area is 167 Å². The average molecular weight is 394 g/mol. The molecule has 1 aromatic heterocycles. The maximum atomic E-state index is 12.6. The molecule has 2 aromatic carbocycles. The summed E-state index contributed by atoms with van der Waals surface area (Å²) in [5, 5.41) is 16.1. The van der Waals surface area contributed by atoms with Gasteiger partial charge in [0.25, 0.3) is 5.91 Å². The number of anilines is 1. The van der Waals surface area contributed by atoms with Crippen molar-refractivity contribution in [3.05, 3.63) is 70.2 Å². The van der Waals surface area contributed by atoms with Gasteiger partial charge in [-0.1, -0.05) is 29.4 Å². The largest absolute Gasteiger partial charge is 0.439 e. The van der Waals surface area contributed by atoms with Crippen molar-refractivity contribution in [2.45, 2.75) is 25.5 Å². The summed E-state index contributed by atoms with van der Waals surface area (Å²) < 4.78 is 4.51. The number of hydrogen-bond donors (Lipinski definition) is 3. The van der Waals surface area contributed by atoms with Crippen LogP contribution in [0.3, 0.4) is 0 Å². The number of aliphatic hydroxyl groups is 1. The molecule has 0 bridgehead atoms. The third-order valence-corrected chi connectivity index (χ3v) is 5.01. The minimum atomic E-state index is -0.643. The van der Waals surface area contributed by atoms with Crippen LogP contribution in [0.5, 0.6) is 0 Å². The van der Waals surface area contributed by atoms with Crippen LogP contribution in [-0.2, 0) is 6.54 Å². The predicted molar refractivity (Wildman–Crippen MR) is 107 cm³/mol. The fraction of sp³-hybridized carbons (Fsp3) is 0.286. The number of nitrogens with one attached hydrogen (secondary N) is 2. The average Bonchev–Trinajstić information content (AvgIpc) is 3.18. The van der Waals surface area contributed by atoms with Gasteiger partial charge in [0.15, 0.2) is 5.82 Å². The van der Waals surface area contributed by atoms with Gasteiger partial charge in [-0.2, -0.15) is 0 Å². The zero-order chi connectivity index (χ0) is 20.2. The van der Waals surface area contributed by atoms with E-state index in [9.17, 15) is 14.7 Å². The van der Waals surface area contributed by atoms with Crippen molar-refractivity contribution in [2.24, 2.45) is 0 Å². The second kappa shape index (κ2) is 8.42. The summed E-state index contributed by atoms with van der Waals surface area (Å²) in [6.45, 7) is 2.62. The molecular weight excluding hydrogens is 372 g/mol. The van der Waals surface area contributed by atoms with Gasteiger partial charge in [0, 0.05) is 36.4 Å². The summed E-state index contributed by atoms with van der Waals surface area (Å²) in [7, 11) is 0. The maximum Gasteiger partial charge on any atom is 0.439 e. The molecule has 8 heteroatoms. The molecule has 0 spiro atoms. The molecule has 3 aromatic rings. The molecule has 0 unspecified atom stereocenters. The molecule has 0 saturated carbocycles. The van der Waals surface area contributed by atoms with Gasteiger partial charge in [-0.25, -0.2) is 4.79 Å². The van der Waals surface area contributed by atoms with Crippen LogP contribution in [0.1, 0.15) is 28.8 Å². The second-order valence-electron chi connectivity index (χ2n) is 7.18. The van der Waals surface area contributed by atoms with E-state index in [0.717, 1.165) is 38.0 Å². The number of aromatic amines is 1. The number of piperidine rings is 1. The van der Waals surface area contributed by atoms with Crippen molar-refractivity contribution >= 4 is 11.6 Å². The minimum Gasteiger partial charge on any atom is -0.393 e. The molecule has 1 aliphatic heterocycles. The van der Waals surface area contributed by atoms with Crippen LogP contribution >= 0.6 is 0 Å². The van der Waals surface area contributed by atoms with Crippen molar-refractivity contribution in [1.82, 2.24) is 15.0 Å². The standard InChI is InChI=1S/C21H22N4O4/c26-18-8-10-25(11-9-18)13-14-4-6-17(7-5-14)22-20(27)16-3-1-2-15(12-16)19-23-21(28)29-24-19/h1-7,12,18,26H,8-11,13H2,(H,22,27)(H,23,24,28). The highest BCUT2D eigenvalue weighted by molar-refractivity contribution is 6.04. The summed E-state index contributed by atoms with van der Waals surface area (Å²) in [4.78, 5) is 28.5. The lowest BCUT2D eigenvalue weighted by atomic mass is 10.1. The Hall–Kier alpha value is -3.23. The first kappa shape index (κ1) is 19.1. The quantitative estimate of drug-likeness (QED) is 0.612. The number of hydrogen-bond acceptors (Lipinski definition) is 6. The topological polar surface area (TPSA) is 111 Å². The molecule has 4 rings (SSSR count). The monoisotopic (exact) mass is 394 g/mol. The van der Waals surface area contributed by atoms with Gasteiger partial charge >= 0.3 is 5.76 Å². The predicted octanol–water partition coefficient (Wildman–Crippen LogP) is 2.24. The number of carbonyl (C=O) groups excluding carboxylic acids is 1. The lowest BCUT2D eigenvalue weighted by Crippen LogP contribution is -2.35. The van der Waals surface area contributed by atoms with Gasteiger partial charge < -0.3 is 10.4 Å². The Balaban J connectivity index is 1.39. The van der Waals surface area contributed by atoms with E-state index in [2.05, 4.69) is 24.9 Å². The van der Waals surface area contributed by atoms with E-state index in [4.69, 9.17) is 0 Å². The number of amides is 1. The molecule has 1 aliphatic rings. The minimum absolute atomic E-state index is 0.174. The van der Waals surface area contributed by atoms with Crippen LogP contribution in [0, 0.1) is 0 Å². The van der Waals surface area contributed by atoms with E-state index >= 15 is 0 Å². The Morgan fingerprint density at radius 1 is 1.21 bits per heavy atom. The molecule has 1 fully saturated rings. The molecule has 150 valence electrons. The summed E-state index contributed by atoms with van der Waals surface area (Å²) in [5.41, 5.74) is 2.90. The van der Waals surface area contributed by atoms with Crippen molar-refractivity contribution in [3.63, 3.8) is 0 Å². The van der Waals surface area contributed by atoms with E-state index in [0.29, 0.717) is 16.8 Å². The molecule has 0 radical (unpaired) electrons. The lowest BCUT2D eigenvalue weighted by Gasteiger charge is -2.29. The zero-order valence-corrected chi connectivity index (χ0v) is 15.8. The normalized spacial score (nSPS) is 15.3. The number of benzene rings is 2. The van der Waals surface area contributed by atoms with Gasteiger partial charge in [0.2, 0.25) is 0 Å². The molecule has 2 heterocycles. The molecule has 29 heavy (non-hydrogen) atoms. The van der Waals surface area contributed by atoms with Gasteiger partial charge in [-0.05, 0) is 42.7 Å². The van der Waals surface area contributed by atoms with Crippen LogP contribution in [0.2, 0.25) is 0 Å². The van der Waals surface area contributed by atoms with Crippen molar-refractivity contribution in [3.8, 4) is 11.4 Å². The van der Waals surface area contributed by atoms with E-state index in [-0.39, 0.29) is 17.8 Å². The molecule has 8 nitrogen and oxygen atoms in total. The van der Waals surface area contributed by atoms with Crippen molar-refractivity contribution in [2.75, 3.05) is 18.4 Å². The van der Waals surface area contributed by atoms with Crippen LogP contribution in [-0.4, -0.2) is 45.2 Å². The summed E-state index contributed by atoms with van der Waals surface area (Å²) in [6, 6.07) is 14.5. The van der Waals surface area contributed by atoms with Crippen LogP contribution in [0.4, 0.5) is 5.69 Å². The maximum absolute atomic E-state index is 12.6. The highest BCUT2D eigenvalue weighted by Gasteiger charge is 2.17. The fourth-order valence-electron chi connectivity index (χ4n) is 3.39. The molecular formula is C21H22N4O4. The van der Waals surface area contributed by atoms with E-state index in [1.165, 1.54) is 0 Å². The molecule has 1 amide bonds. The van der Waals surface area contributed by atoms with Gasteiger partial charge in [-0.15, -0.1) is 0 Å². The number of aliphatic hydroxyl groups excluding tert-OH is 1. The molecule has 0 atom stereocenters. The third kappa shape index (κ3) is 4.79. The van der Waals surface area contributed by atoms with Crippen molar-refractivity contribution in [1.29, 1.82) is 0 Å². The first-order valence-electron chi connectivity index (χ1n) is 9.54. The number of likely N-dealkylation sites (tertiary alicyclic amines) is 1. The summed E-state index contributed by atoms with van der Waals surface area (Å²) in [5.74, 6) is -0.620. The fourth-order valence-corrected chi connectivity index (χ4v) is 3.39. The van der Waals surface area contributed by atoms with Crippen LogP contribution in [0.25, 0.3) is 11.4 Å². The van der Waals surface area contributed by atoms with Crippen molar-refractivity contribution < 1.29 is 14.4 Å². The second-order valence-corrected chi connectivity index (χ2v) is 7.18. The van der Waals surface area contributed by atoms with Crippen LogP contribution < -0.4 is 11.1 Å². The molecule has 0 aliphatic carbocycles. The SMILES string of the molecule is O=C(Nc1ccc(CN2CCC(O)CC2)cc1)c1cccc(-c2noc(=O)[nH]2)c1. The Morgan fingerprint density at radius 2 is 1.97 bits per heavy atom. The Morgan fingerprint density at radius 3 is 2.66 bits per heavy atom. The van der Waals surface area contributed by atoms with E-state index in [1.807, 2.05) is 24.3 Å². The first-order chi connectivity index (χ1) is 14.1. The Kier molecular flexibility index (Phi) is 5.55. The number of rotatable bonds is 5. The van der Waals surface area contributed by atoms with Crippen LogP contribution in [0.15, 0.2) is 57.8 Å². The molecule has 1 saturated heterocycles. The lowest BCUT2D eigenvalue weighted by molar-refractivity contribution is 0.0792. The van der Waals surface area contributed by atoms with E-state index in [1.54, 1.807) is 24.3 Å². The number of carbonyl (C=O) groups is 1. The summed E-state index contributed by atoms with van der Waals surface area (Å²) >= 11 is 0. The molecule has 3 N–H and O–H groups in total. The Bertz CT molecular complexity index is 1030. The third-order valence-electron chi connectivity index (χ3n) is 5.01. The highest BCUT2D eigenvalue weighted by atomic mass is 16.5. The number of aromatic nitrogens is 2. The van der Waals surface area contributed by atoms with Gasteiger partial charge in [0.05, 0.1) is 6.10 Å². The zero-order valence-electron chi connectivity index (χ0n) is 15.8. The number of nitrogens with zero attached hydrogens (tertiary/aromatic N) is 2. The highest BCUT2D eigenvalue weighted by Crippen LogP contribution is 2.18. The first-order valence-corrected chi connectivity index (χ1v) is 9.54. The smallest absolute Gasteiger partial charge is 0.393 e. The summed E-state index contributed by atoms with van der Waals surface area (Å²) in [6.07, 6.45) is 1.46.